The third-order valence-electron chi connectivity index (χ3n) is 5.06. The summed E-state index contributed by atoms with van der Waals surface area (Å²) < 4.78 is 0. The molecule has 3 aromatic carbocycles. The Morgan fingerprint density at radius 1 is 0.964 bits per heavy atom. The first kappa shape index (κ1) is 19.1. The van der Waals surface area contributed by atoms with Gasteiger partial charge in [0.2, 0.25) is 5.91 Å². The highest BCUT2D eigenvalue weighted by atomic mass is 35.5. The largest absolute Gasteiger partial charge is 0.353 e. The first-order valence-corrected chi connectivity index (χ1v) is 10.7. The topological polar surface area (TPSA) is 29.1 Å². The van der Waals surface area contributed by atoms with Gasteiger partial charge in [0.25, 0.3) is 0 Å². The lowest BCUT2D eigenvalue weighted by atomic mass is 9.87. The van der Waals surface area contributed by atoms with Crippen LogP contribution in [0.25, 0.3) is 0 Å². The summed E-state index contributed by atoms with van der Waals surface area (Å²) in [5.74, 6) is 0.180. The highest BCUT2D eigenvalue weighted by Crippen LogP contribution is 2.46. The fourth-order valence-electron chi connectivity index (χ4n) is 3.77. The molecule has 3 aromatic rings. The Labute approximate surface area is 175 Å². The average molecular weight is 408 g/mol. The van der Waals surface area contributed by atoms with Crippen molar-refractivity contribution in [3.63, 3.8) is 0 Å². The van der Waals surface area contributed by atoms with E-state index < -0.39 is 0 Å². The minimum absolute atomic E-state index is 0.0668. The van der Waals surface area contributed by atoms with Crippen molar-refractivity contribution in [3.05, 3.63) is 94.5 Å². The van der Waals surface area contributed by atoms with E-state index in [0.717, 1.165) is 11.4 Å². The normalized spacial score (nSPS) is 14.1. The maximum absolute atomic E-state index is 12.8. The number of hydrogen-bond donors (Lipinski definition) is 1. The Balaban J connectivity index is 1.48. The Bertz CT molecular complexity index is 940. The van der Waals surface area contributed by atoms with Crippen molar-refractivity contribution in [2.24, 2.45) is 0 Å². The Hall–Kier alpha value is -2.23. The molecule has 1 amide bonds. The average Bonchev–Trinajstić information content (AvgIpc) is 2.69. The molecule has 1 atom stereocenters. The van der Waals surface area contributed by atoms with Gasteiger partial charge in [-0.25, -0.2) is 0 Å². The zero-order valence-electron chi connectivity index (χ0n) is 15.7. The van der Waals surface area contributed by atoms with Gasteiger partial charge >= 0.3 is 0 Å². The van der Waals surface area contributed by atoms with Gasteiger partial charge in [-0.3, -0.25) is 4.79 Å². The number of carbonyl (C=O) groups is 1. The van der Waals surface area contributed by atoms with Gasteiger partial charge in [-0.1, -0.05) is 71.9 Å². The molecule has 28 heavy (non-hydrogen) atoms. The predicted molar refractivity (Wildman–Crippen MR) is 116 cm³/mol. The number of halogens is 1. The maximum Gasteiger partial charge on any atom is 0.221 e. The van der Waals surface area contributed by atoms with Gasteiger partial charge in [-0.2, -0.15) is 0 Å². The van der Waals surface area contributed by atoms with Crippen molar-refractivity contribution >= 4 is 29.3 Å². The molecule has 1 N–H and O–H groups in total. The van der Waals surface area contributed by atoms with E-state index in [1.54, 1.807) is 11.8 Å². The molecule has 0 bridgehead atoms. The smallest absolute Gasteiger partial charge is 0.221 e. The highest BCUT2D eigenvalue weighted by molar-refractivity contribution is 7.99. The number of fused-ring (bicyclic) bond motifs is 2. The molecule has 1 aliphatic rings. The van der Waals surface area contributed by atoms with Gasteiger partial charge in [0.15, 0.2) is 0 Å². The number of rotatable bonds is 5. The van der Waals surface area contributed by atoms with Crippen LogP contribution in [-0.4, -0.2) is 11.9 Å². The van der Waals surface area contributed by atoms with Crippen LogP contribution in [0.15, 0.2) is 82.6 Å². The van der Waals surface area contributed by atoms with Crippen LogP contribution in [0.3, 0.4) is 0 Å². The number of benzene rings is 3. The summed E-state index contributed by atoms with van der Waals surface area (Å²) >= 11 is 7.74. The lowest BCUT2D eigenvalue weighted by Crippen LogP contribution is -2.35. The van der Waals surface area contributed by atoms with E-state index in [1.807, 2.05) is 31.2 Å². The van der Waals surface area contributed by atoms with Crippen molar-refractivity contribution in [1.82, 2.24) is 5.32 Å². The first-order valence-electron chi connectivity index (χ1n) is 9.49. The predicted octanol–water partition coefficient (Wildman–Crippen LogP) is 6.07. The summed E-state index contributed by atoms with van der Waals surface area (Å²) in [7, 11) is 0. The second-order valence-corrected chi connectivity index (χ2v) is 8.75. The van der Waals surface area contributed by atoms with E-state index in [0.29, 0.717) is 6.42 Å². The molecule has 4 heteroatoms. The SMILES string of the molecule is CC(Cc1ccc(Cl)cc1)NC(=O)CC1c2ccccc2Sc2ccccc21. The van der Waals surface area contributed by atoms with Crippen molar-refractivity contribution < 1.29 is 4.79 Å². The zero-order valence-corrected chi connectivity index (χ0v) is 17.3. The van der Waals surface area contributed by atoms with Crippen LogP contribution < -0.4 is 5.32 Å². The molecule has 0 saturated carbocycles. The molecule has 0 spiro atoms. The Morgan fingerprint density at radius 2 is 1.54 bits per heavy atom. The molecule has 142 valence electrons. The molecule has 0 aromatic heterocycles. The number of carbonyl (C=O) groups excluding carboxylic acids is 1. The molecular formula is C24H22ClNOS. The monoisotopic (exact) mass is 407 g/mol. The third-order valence-corrected chi connectivity index (χ3v) is 6.50. The van der Waals surface area contributed by atoms with E-state index in [1.165, 1.54) is 26.5 Å². The van der Waals surface area contributed by atoms with Crippen LogP contribution in [0.1, 0.15) is 36.0 Å². The molecule has 1 heterocycles. The molecule has 0 saturated heterocycles. The third kappa shape index (κ3) is 4.26. The fraction of sp³-hybridized carbons (Fsp3) is 0.208. The van der Waals surface area contributed by atoms with Crippen LogP contribution in [-0.2, 0) is 11.2 Å². The van der Waals surface area contributed by atoms with Crippen LogP contribution in [0.5, 0.6) is 0 Å². The van der Waals surface area contributed by atoms with Gasteiger partial charge in [0, 0.05) is 33.2 Å². The standard InChI is InChI=1S/C24H22ClNOS/c1-16(14-17-10-12-18(25)13-11-17)26-24(27)15-21-19-6-2-4-8-22(19)28-23-9-5-3-7-20(21)23/h2-13,16,21H,14-15H2,1H3,(H,26,27). The lowest BCUT2D eigenvalue weighted by molar-refractivity contribution is -0.121. The zero-order chi connectivity index (χ0) is 19.5. The minimum Gasteiger partial charge on any atom is -0.353 e. The summed E-state index contributed by atoms with van der Waals surface area (Å²) in [5.41, 5.74) is 3.65. The quantitative estimate of drug-likeness (QED) is 0.555. The van der Waals surface area contributed by atoms with E-state index in [2.05, 4.69) is 53.8 Å². The Kier molecular flexibility index (Phi) is 5.74. The fourth-order valence-corrected chi connectivity index (χ4v) is 5.09. The maximum atomic E-state index is 12.8. The number of hydrogen-bond acceptors (Lipinski definition) is 2. The van der Waals surface area contributed by atoms with Crippen molar-refractivity contribution in [3.8, 4) is 0 Å². The highest BCUT2D eigenvalue weighted by Gasteiger charge is 2.27. The molecular weight excluding hydrogens is 386 g/mol. The van der Waals surface area contributed by atoms with Crippen molar-refractivity contribution in [2.75, 3.05) is 0 Å². The molecule has 0 aliphatic carbocycles. The number of nitrogens with one attached hydrogen (secondary N) is 1. The second-order valence-electron chi connectivity index (χ2n) is 7.23. The van der Waals surface area contributed by atoms with Crippen LogP contribution >= 0.6 is 23.4 Å². The molecule has 2 nitrogen and oxygen atoms in total. The van der Waals surface area contributed by atoms with E-state index >= 15 is 0 Å². The van der Waals surface area contributed by atoms with E-state index in [-0.39, 0.29) is 17.9 Å². The summed E-state index contributed by atoms with van der Waals surface area (Å²) in [6.07, 6.45) is 1.25. The minimum atomic E-state index is 0.0668. The molecule has 4 rings (SSSR count). The molecule has 0 radical (unpaired) electrons. The van der Waals surface area contributed by atoms with Crippen LogP contribution in [0, 0.1) is 0 Å². The summed E-state index contributed by atoms with van der Waals surface area (Å²) in [6, 6.07) is 24.7. The van der Waals surface area contributed by atoms with Crippen molar-refractivity contribution in [2.45, 2.75) is 41.5 Å². The van der Waals surface area contributed by atoms with Gasteiger partial charge in [0.05, 0.1) is 0 Å². The van der Waals surface area contributed by atoms with E-state index in [9.17, 15) is 4.79 Å². The first-order chi connectivity index (χ1) is 13.6. The van der Waals surface area contributed by atoms with Crippen LogP contribution in [0.4, 0.5) is 0 Å². The molecule has 0 fully saturated rings. The van der Waals surface area contributed by atoms with Crippen molar-refractivity contribution in [1.29, 1.82) is 0 Å². The van der Waals surface area contributed by atoms with Gasteiger partial charge in [-0.05, 0) is 54.3 Å². The van der Waals surface area contributed by atoms with Gasteiger partial charge in [-0.15, -0.1) is 0 Å². The van der Waals surface area contributed by atoms with Gasteiger partial charge in [0.1, 0.15) is 0 Å². The summed E-state index contributed by atoms with van der Waals surface area (Å²) in [4.78, 5) is 15.3. The van der Waals surface area contributed by atoms with E-state index in [4.69, 9.17) is 11.6 Å². The number of amides is 1. The van der Waals surface area contributed by atoms with Gasteiger partial charge < -0.3 is 5.32 Å². The summed E-state index contributed by atoms with van der Waals surface area (Å²) in [5, 5.41) is 3.90. The second kappa shape index (κ2) is 8.42. The lowest BCUT2D eigenvalue weighted by Gasteiger charge is -2.28. The van der Waals surface area contributed by atoms with Crippen LogP contribution in [0.2, 0.25) is 5.02 Å². The summed E-state index contributed by atoms with van der Waals surface area (Å²) in [6.45, 7) is 2.05. The molecule has 1 aliphatic heterocycles. The Morgan fingerprint density at radius 3 is 2.14 bits per heavy atom. The molecule has 1 unspecified atom stereocenters.